The third-order valence-electron chi connectivity index (χ3n) is 3.70. The number of H-pyrrole nitrogens is 1. The number of carbonyl (C=O) groups is 1. The number of carbonyl (C=O) groups excluding carboxylic acids is 1. The van der Waals surface area contributed by atoms with Gasteiger partial charge in [-0.3, -0.25) is 4.79 Å². The van der Waals surface area contributed by atoms with Crippen LogP contribution >= 0.6 is 15.9 Å². The van der Waals surface area contributed by atoms with E-state index in [1.54, 1.807) is 6.92 Å². The number of rotatable bonds is 4. The molecule has 0 amide bonds. The highest BCUT2D eigenvalue weighted by atomic mass is 79.9. The Kier molecular flexibility index (Phi) is 3.93. The molecule has 0 saturated carbocycles. The Balaban J connectivity index is 1.97. The molecular formula is C18H16BrNO. The summed E-state index contributed by atoms with van der Waals surface area (Å²) in [6.45, 7) is 1.64. The Morgan fingerprint density at radius 1 is 1.10 bits per heavy atom. The molecule has 1 aromatic heterocycles. The Morgan fingerprint density at radius 2 is 1.86 bits per heavy atom. The largest absolute Gasteiger partial charge is 0.358 e. The van der Waals surface area contributed by atoms with Crippen LogP contribution in [0.25, 0.3) is 10.9 Å². The average molecular weight is 342 g/mol. The van der Waals surface area contributed by atoms with E-state index in [0.717, 1.165) is 39.5 Å². The number of aryl methyl sites for hydroxylation is 2. The molecule has 3 aromatic rings. The van der Waals surface area contributed by atoms with Gasteiger partial charge >= 0.3 is 0 Å². The van der Waals surface area contributed by atoms with Crippen molar-refractivity contribution in [1.29, 1.82) is 0 Å². The minimum absolute atomic E-state index is 0.117. The summed E-state index contributed by atoms with van der Waals surface area (Å²) in [6, 6.07) is 16.3. The maximum absolute atomic E-state index is 12.0. The number of Topliss-reactive ketones (excluding diaryl/α,β-unsaturated/α-hetero) is 1. The lowest BCUT2D eigenvalue weighted by molar-refractivity contribution is 0.101. The van der Waals surface area contributed by atoms with E-state index in [1.165, 1.54) is 5.56 Å². The molecule has 0 aliphatic rings. The zero-order valence-corrected chi connectivity index (χ0v) is 13.4. The van der Waals surface area contributed by atoms with Crippen LogP contribution in [0.3, 0.4) is 0 Å². The molecule has 21 heavy (non-hydrogen) atoms. The number of fused-ring (bicyclic) bond motifs is 1. The van der Waals surface area contributed by atoms with E-state index in [4.69, 9.17) is 0 Å². The summed E-state index contributed by atoms with van der Waals surface area (Å²) in [6.07, 6.45) is 1.76. The van der Waals surface area contributed by atoms with Crippen LogP contribution in [-0.4, -0.2) is 10.8 Å². The lowest BCUT2D eigenvalue weighted by Gasteiger charge is -2.02. The van der Waals surface area contributed by atoms with E-state index in [1.807, 2.05) is 36.4 Å². The number of nitrogens with one attached hydrogen (secondary N) is 1. The summed E-state index contributed by atoms with van der Waals surface area (Å²) >= 11 is 3.47. The van der Waals surface area contributed by atoms with Crippen LogP contribution in [0.2, 0.25) is 0 Å². The molecule has 0 bridgehead atoms. The van der Waals surface area contributed by atoms with Crippen molar-refractivity contribution >= 4 is 32.6 Å². The van der Waals surface area contributed by atoms with Crippen LogP contribution in [0.4, 0.5) is 0 Å². The monoisotopic (exact) mass is 341 g/mol. The van der Waals surface area contributed by atoms with Gasteiger partial charge in [0, 0.05) is 26.6 Å². The van der Waals surface area contributed by atoms with Crippen molar-refractivity contribution in [2.24, 2.45) is 0 Å². The van der Waals surface area contributed by atoms with Gasteiger partial charge in [0.25, 0.3) is 0 Å². The first-order chi connectivity index (χ1) is 10.1. The van der Waals surface area contributed by atoms with Crippen LogP contribution in [0.1, 0.15) is 28.5 Å². The van der Waals surface area contributed by atoms with Gasteiger partial charge in [0.05, 0.1) is 0 Å². The Morgan fingerprint density at radius 3 is 2.57 bits per heavy atom. The summed E-state index contributed by atoms with van der Waals surface area (Å²) in [5.41, 5.74) is 4.15. The van der Waals surface area contributed by atoms with Gasteiger partial charge in [-0.1, -0.05) is 52.3 Å². The lowest BCUT2D eigenvalue weighted by atomic mass is 10.0. The van der Waals surface area contributed by atoms with Crippen molar-refractivity contribution < 1.29 is 4.79 Å². The molecule has 2 aromatic carbocycles. The molecule has 3 rings (SSSR count). The van der Waals surface area contributed by atoms with Crippen molar-refractivity contribution in [2.75, 3.05) is 0 Å². The molecular weight excluding hydrogens is 326 g/mol. The maximum Gasteiger partial charge on any atom is 0.162 e. The number of benzene rings is 2. The highest BCUT2D eigenvalue weighted by Crippen LogP contribution is 2.27. The zero-order valence-electron chi connectivity index (χ0n) is 11.8. The fourth-order valence-corrected chi connectivity index (χ4v) is 3.09. The second kappa shape index (κ2) is 5.86. The highest BCUT2D eigenvalue weighted by Gasteiger charge is 2.15. The number of halogens is 1. The number of hydrogen-bond acceptors (Lipinski definition) is 1. The van der Waals surface area contributed by atoms with E-state index < -0.39 is 0 Å². The first-order valence-corrected chi connectivity index (χ1v) is 7.79. The molecule has 106 valence electrons. The third-order valence-corrected chi connectivity index (χ3v) is 4.19. The quantitative estimate of drug-likeness (QED) is 0.671. The van der Waals surface area contributed by atoms with Gasteiger partial charge in [0.15, 0.2) is 5.78 Å². The van der Waals surface area contributed by atoms with Gasteiger partial charge in [0.2, 0.25) is 0 Å². The second-order valence-corrected chi connectivity index (χ2v) is 6.13. The first-order valence-electron chi connectivity index (χ1n) is 7.00. The molecule has 1 N–H and O–H groups in total. The number of aromatic amines is 1. The second-order valence-electron chi connectivity index (χ2n) is 5.21. The molecule has 2 nitrogen and oxygen atoms in total. The summed E-state index contributed by atoms with van der Waals surface area (Å²) in [5.74, 6) is 0.117. The normalized spacial score (nSPS) is 11.0. The van der Waals surface area contributed by atoms with E-state index in [0.29, 0.717) is 0 Å². The van der Waals surface area contributed by atoms with Crippen molar-refractivity contribution in [3.8, 4) is 0 Å². The third kappa shape index (κ3) is 2.93. The molecule has 0 aliphatic carbocycles. The minimum atomic E-state index is 0.117. The average Bonchev–Trinajstić information content (AvgIpc) is 2.83. The zero-order chi connectivity index (χ0) is 14.8. The lowest BCUT2D eigenvalue weighted by Crippen LogP contribution is -1.99. The van der Waals surface area contributed by atoms with E-state index in [2.05, 4.69) is 33.0 Å². The topological polar surface area (TPSA) is 32.9 Å². The van der Waals surface area contributed by atoms with Gasteiger partial charge in [-0.25, -0.2) is 0 Å². The Hall–Kier alpha value is -1.87. The predicted molar refractivity (Wildman–Crippen MR) is 89.9 cm³/mol. The number of ketones is 1. The standard InChI is InChI=1S/C18H16BrNO/c1-12(21)18-15-9-8-14(19)11-17(15)20-16(18)10-7-13-5-3-2-4-6-13/h2-6,8-9,11,20H,7,10H2,1H3. The van der Waals surface area contributed by atoms with E-state index >= 15 is 0 Å². The van der Waals surface area contributed by atoms with Crippen LogP contribution in [-0.2, 0) is 12.8 Å². The van der Waals surface area contributed by atoms with E-state index in [9.17, 15) is 4.79 Å². The Bertz CT molecular complexity index is 790. The van der Waals surface area contributed by atoms with Crippen LogP contribution in [0.5, 0.6) is 0 Å². The van der Waals surface area contributed by atoms with Crippen molar-refractivity contribution in [1.82, 2.24) is 4.98 Å². The van der Waals surface area contributed by atoms with Crippen molar-refractivity contribution in [3.63, 3.8) is 0 Å². The molecule has 0 aliphatic heterocycles. The molecule has 3 heteroatoms. The fourth-order valence-electron chi connectivity index (χ4n) is 2.73. The number of hydrogen-bond donors (Lipinski definition) is 1. The first kappa shape index (κ1) is 14.1. The summed E-state index contributed by atoms with van der Waals surface area (Å²) in [5, 5.41) is 1.01. The van der Waals surface area contributed by atoms with Crippen molar-refractivity contribution in [2.45, 2.75) is 19.8 Å². The SMILES string of the molecule is CC(=O)c1c(CCc2ccccc2)[nH]c2cc(Br)ccc12. The van der Waals surface area contributed by atoms with Crippen LogP contribution in [0.15, 0.2) is 53.0 Å². The van der Waals surface area contributed by atoms with Gasteiger partial charge in [-0.2, -0.15) is 0 Å². The fraction of sp³-hybridized carbons (Fsp3) is 0.167. The van der Waals surface area contributed by atoms with E-state index in [-0.39, 0.29) is 5.78 Å². The molecule has 0 unspecified atom stereocenters. The molecule has 0 atom stereocenters. The van der Waals surface area contributed by atoms with Crippen LogP contribution in [0, 0.1) is 0 Å². The van der Waals surface area contributed by atoms with Gasteiger partial charge in [-0.15, -0.1) is 0 Å². The van der Waals surface area contributed by atoms with Gasteiger partial charge < -0.3 is 4.98 Å². The molecule has 0 fully saturated rings. The smallest absolute Gasteiger partial charge is 0.162 e. The summed E-state index contributed by atoms with van der Waals surface area (Å²) in [7, 11) is 0. The predicted octanol–water partition coefficient (Wildman–Crippen LogP) is 4.92. The van der Waals surface area contributed by atoms with Crippen molar-refractivity contribution in [3.05, 3.63) is 69.8 Å². The molecule has 0 spiro atoms. The number of aromatic nitrogens is 1. The van der Waals surface area contributed by atoms with Gasteiger partial charge in [0.1, 0.15) is 0 Å². The minimum Gasteiger partial charge on any atom is -0.358 e. The summed E-state index contributed by atoms with van der Waals surface area (Å²) < 4.78 is 1.01. The summed E-state index contributed by atoms with van der Waals surface area (Å²) in [4.78, 5) is 15.4. The maximum atomic E-state index is 12.0. The van der Waals surface area contributed by atoms with Gasteiger partial charge in [-0.05, 0) is 37.5 Å². The Labute approximate surface area is 132 Å². The molecule has 0 saturated heterocycles. The molecule has 1 heterocycles. The molecule has 0 radical (unpaired) electrons. The van der Waals surface area contributed by atoms with Crippen LogP contribution < -0.4 is 0 Å². The highest BCUT2D eigenvalue weighted by molar-refractivity contribution is 9.10.